The molecule has 1 saturated carbocycles. The highest BCUT2D eigenvalue weighted by molar-refractivity contribution is 5.26. The maximum Gasteiger partial charge on any atom is 0.00759 e. The number of hydrogen-bond donors (Lipinski definition) is 1. The van der Waals surface area contributed by atoms with E-state index in [4.69, 9.17) is 5.73 Å². The van der Waals surface area contributed by atoms with Gasteiger partial charge in [-0.1, -0.05) is 58.0 Å². The van der Waals surface area contributed by atoms with E-state index in [0.29, 0.717) is 29.2 Å². The zero-order valence-electron chi connectivity index (χ0n) is 12.2. The Morgan fingerprint density at radius 1 is 1.22 bits per heavy atom. The average molecular weight is 245 g/mol. The van der Waals surface area contributed by atoms with Crippen LogP contribution < -0.4 is 5.73 Å². The number of rotatable bonds is 4. The Morgan fingerprint density at radius 2 is 1.83 bits per heavy atom. The summed E-state index contributed by atoms with van der Waals surface area (Å²) in [5.41, 5.74) is 8.25. The van der Waals surface area contributed by atoms with Gasteiger partial charge in [-0.2, -0.15) is 0 Å². The van der Waals surface area contributed by atoms with Crippen molar-refractivity contribution in [2.24, 2.45) is 23.0 Å². The van der Waals surface area contributed by atoms with Crippen LogP contribution >= 0.6 is 0 Å². The molecule has 2 rings (SSSR count). The van der Waals surface area contributed by atoms with Gasteiger partial charge in [0.2, 0.25) is 0 Å². The fourth-order valence-electron chi connectivity index (χ4n) is 2.71. The Balaban J connectivity index is 1.88. The maximum absolute atomic E-state index is 6.40. The summed E-state index contributed by atoms with van der Waals surface area (Å²) >= 11 is 0. The van der Waals surface area contributed by atoms with Crippen LogP contribution in [0, 0.1) is 17.3 Å². The van der Waals surface area contributed by atoms with Crippen molar-refractivity contribution >= 4 is 0 Å². The van der Waals surface area contributed by atoms with Gasteiger partial charge in [-0.05, 0) is 41.6 Å². The van der Waals surface area contributed by atoms with Crippen LogP contribution in [0.4, 0.5) is 0 Å². The van der Waals surface area contributed by atoms with Crippen molar-refractivity contribution in [2.45, 2.75) is 52.5 Å². The minimum absolute atomic E-state index is 0.365. The van der Waals surface area contributed by atoms with Crippen molar-refractivity contribution in [1.82, 2.24) is 0 Å². The zero-order chi connectivity index (χ0) is 13.3. The Bertz CT molecular complexity index is 376. The summed E-state index contributed by atoms with van der Waals surface area (Å²) in [5.74, 6) is 2.11. The fraction of sp³-hybridized carbons (Fsp3) is 0.647. The molecule has 0 aliphatic heterocycles. The van der Waals surface area contributed by atoms with Gasteiger partial charge in [0.1, 0.15) is 0 Å². The second kappa shape index (κ2) is 5.05. The molecule has 18 heavy (non-hydrogen) atoms. The van der Waals surface area contributed by atoms with Gasteiger partial charge in [-0.15, -0.1) is 0 Å². The molecule has 1 aliphatic rings. The highest BCUT2D eigenvalue weighted by Gasteiger charge is 2.43. The van der Waals surface area contributed by atoms with Crippen molar-refractivity contribution in [3.05, 3.63) is 35.9 Å². The monoisotopic (exact) mass is 245 g/mol. The van der Waals surface area contributed by atoms with E-state index in [1.807, 2.05) is 0 Å². The summed E-state index contributed by atoms with van der Waals surface area (Å²) in [5, 5.41) is 0. The molecule has 0 aromatic heterocycles. The molecule has 4 unspecified atom stereocenters. The Labute approximate surface area is 112 Å². The van der Waals surface area contributed by atoms with Crippen molar-refractivity contribution < 1.29 is 0 Å². The molecular weight excluding hydrogens is 218 g/mol. The third-order valence-electron chi connectivity index (χ3n) is 4.72. The second-order valence-corrected chi connectivity index (χ2v) is 7.08. The van der Waals surface area contributed by atoms with E-state index in [2.05, 4.69) is 58.0 Å². The summed E-state index contributed by atoms with van der Waals surface area (Å²) in [6, 6.07) is 11.2. The van der Waals surface area contributed by atoms with Crippen LogP contribution in [0.15, 0.2) is 30.3 Å². The van der Waals surface area contributed by atoms with E-state index in [1.54, 1.807) is 0 Å². The van der Waals surface area contributed by atoms with Crippen LogP contribution in [0.25, 0.3) is 0 Å². The average Bonchev–Trinajstić information content (AvgIpc) is 3.08. The topological polar surface area (TPSA) is 26.0 Å². The predicted molar refractivity (Wildman–Crippen MR) is 78.5 cm³/mol. The van der Waals surface area contributed by atoms with Crippen molar-refractivity contribution in [1.29, 1.82) is 0 Å². The van der Waals surface area contributed by atoms with Gasteiger partial charge in [0.25, 0.3) is 0 Å². The van der Waals surface area contributed by atoms with E-state index in [1.165, 1.54) is 12.0 Å². The van der Waals surface area contributed by atoms with Gasteiger partial charge in [0, 0.05) is 6.04 Å². The first kappa shape index (κ1) is 13.6. The first-order valence-electron chi connectivity index (χ1n) is 7.20. The molecule has 1 heteroatoms. The first-order chi connectivity index (χ1) is 8.39. The maximum atomic E-state index is 6.40. The number of benzene rings is 1. The molecule has 0 saturated heterocycles. The van der Waals surface area contributed by atoms with Crippen LogP contribution in [-0.4, -0.2) is 6.04 Å². The minimum Gasteiger partial charge on any atom is -0.327 e. The van der Waals surface area contributed by atoms with E-state index >= 15 is 0 Å². The first-order valence-corrected chi connectivity index (χ1v) is 7.20. The predicted octanol–water partition coefficient (Wildman–Crippen LogP) is 4.19. The molecule has 1 aliphatic carbocycles. The van der Waals surface area contributed by atoms with Gasteiger partial charge in [0.05, 0.1) is 0 Å². The van der Waals surface area contributed by atoms with Gasteiger partial charge < -0.3 is 5.73 Å². The van der Waals surface area contributed by atoms with E-state index < -0.39 is 0 Å². The molecule has 0 spiro atoms. The lowest BCUT2D eigenvalue weighted by atomic mass is 9.78. The molecule has 4 atom stereocenters. The lowest BCUT2D eigenvalue weighted by molar-refractivity contribution is 0.227. The molecule has 0 bridgehead atoms. The summed E-state index contributed by atoms with van der Waals surface area (Å²) < 4.78 is 0. The van der Waals surface area contributed by atoms with Crippen molar-refractivity contribution in [3.63, 3.8) is 0 Å². The standard InChI is InChI=1S/C17H27N/c1-12(17(2,3)4)10-16(18)15-11-14(15)13-8-6-5-7-9-13/h5-9,12,14-16H,10-11,18H2,1-4H3. The Morgan fingerprint density at radius 3 is 2.39 bits per heavy atom. The smallest absolute Gasteiger partial charge is 0.00759 e. The lowest BCUT2D eigenvalue weighted by Gasteiger charge is -2.29. The second-order valence-electron chi connectivity index (χ2n) is 7.08. The molecule has 0 amide bonds. The van der Waals surface area contributed by atoms with Crippen molar-refractivity contribution in [3.8, 4) is 0 Å². The summed E-state index contributed by atoms with van der Waals surface area (Å²) in [6.45, 7) is 9.27. The minimum atomic E-state index is 0.365. The largest absolute Gasteiger partial charge is 0.327 e. The van der Waals surface area contributed by atoms with Gasteiger partial charge in [0.15, 0.2) is 0 Å². The highest BCUT2D eigenvalue weighted by atomic mass is 14.7. The van der Waals surface area contributed by atoms with Crippen molar-refractivity contribution in [2.75, 3.05) is 0 Å². The van der Waals surface area contributed by atoms with Crippen LogP contribution in [-0.2, 0) is 0 Å². The van der Waals surface area contributed by atoms with E-state index in [0.717, 1.165) is 6.42 Å². The normalized spacial score (nSPS) is 26.7. The summed E-state index contributed by atoms with van der Waals surface area (Å²) in [4.78, 5) is 0. The van der Waals surface area contributed by atoms with Crippen LogP contribution in [0.3, 0.4) is 0 Å². The molecule has 0 heterocycles. The highest BCUT2D eigenvalue weighted by Crippen LogP contribution is 2.50. The lowest BCUT2D eigenvalue weighted by Crippen LogP contribution is -2.30. The van der Waals surface area contributed by atoms with Crippen LogP contribution in [0.1, 0.15) is 52.0 Å². The number of nitrogens with two attached hydrogens (primary N) is 1. The quantitative estimate of drug-likeness (QED) is 0.845. The molecule has 100 valence electrons. The van der Waals surface area contributed by atoms with Gasteiger partial charge >= 0.3 is 0 Å². The third-order valence-corrected chi connectivity index (χ3v) is 4.72. The van der Waals surface area contributed by atoms with Crippen LogP contribution in [0.2, 0.25) is 0 Å². The number of hydrogen-bond acceptors (Lipinski definition) is 1. The van der Waals surface area contributed by atoms with E-state index in [9.17, 15) is 0 Å². The van der Waals surface area contributed by atoms with Gasteiger partial charge in [-0.3, -0.25) is 0 Å². The molecule has 1 nitrogen and oxygen atoms in total. The van der Waals surface area contributed by atoms with Gasteiger partial charge in [-0.25, -0.2) is 0 Å². The molecule has 1 aromatic rings. The molecular formula is C17H27N. The Hall–Kier alpha value is -0.820. The zero-order valence-corrected chi connectivity index (χ0v) is 12.2. The molecule has 1 aromatic carbocycles. The van der Waals surface area contributed by atoms with E-state index in [-0.39, 0.29) is 0 Å². The third kappa shape index (κ3) is 3.14. The molecule has 0 radical (unpaired) electrons. The SMILES string of the molecule is CC(CC(N)C1CC1c1ccccc1)C(C)(C)C. The Kier molecular flexibility index (Phi) is 3.82. The fourth-order valence-corrected chi connectivity index (χ4v) is 2.71. The summed E-state index contributed by atoms with van der Waals surface area (Å²) in [6.07, 6.45) is 2.43. The van der Waals surface area contributed by atoms with Crippen LogP contribution in [0.5, 0.6) is 0 Å². The molecule has 2 N–H and O–H groups in total. The molecule has 1 fully saturated rings. The summed E-state index contributed by atoms with van der Waals surface area (Å²) in [7, 11) is 0.